The van der Waals surface area contributed by atoms with Crippen LogP contribution in [0, 0.1) is 0 Å². The van der Waals surface area contributed by atoms with E-state index in [1.807, 2.05) is 11.7 Å². The lowest BCUT2D eigenvalue weighted by atomic mass is 9.89. The van der Waals surface area contributed by atoms with Gasteiger partial charge < -0.3 is 4.52 Å². The molecule has 5 rings (SSSR count). The van der Waals surface area contributed by atoms with Crippen LogP contribution in [0.1, 0.15) is 59.3 Å². The summed E-state index contributed by atoms with van der Waals surface area (Å²) >= 11 is 0. The molecule has 2 aliphatic rings. The van der Waals surface area contributed by atoms with Gasteiger partial charge in [-0.1, -0.05) is 40.7 Å². The lowest BCUT2D eigenvalue weighted by Gasteiger charge is -2.17. The van der Waals surface area contributed by atoms with E-state index in [2.05, 4.69) is 45.8 Å². The van der Waals surface area contributed by atoms with Gasteiger partial charge in [0.05, 0.1) is 11.4 Å². The summed E-state index contributed by atoms with van der Waals surface area (Å²) in [5, 5.41) is 12.6. The van der Waals surface area contributed by atoms with E-state index in [0.717, 1.165) is 43.1 Å². The monoisotopic (exact) mass is 321 g/mol. The number of aryl methyl sites for hydroxylation is 2. The Kier molecular flexibility index (Phi) is 3.04. The van der Waals surface area contributed by atoms with Gasteiger partial charge in [-0.3, -0.25) is 4.68 Å². The van der Waals surface area contributed by atoms with Gasteiger partial charge >= 0.3 is 0 Å². The second-order valence-electron chi connectivity index (χ2n) is 6.90. The average molecular weight is 321 g/mol. The molecule has 2 heterocycles. The molecule has 0 radical (unpaired) electrons. The summed E-state index contributed by atoms with van der Waals surface area (Å²) in [7, 11) is 1.95. The van der Waals surface area contributed by atoms with Crippen molar-refractivity contribution < 1.29 is 4.52 Å². The number of aromatic nitrogens is 5. The molecule has 1 unspecified atom stereocenters. The smallest absolute Gasteiger partial charge is 0.230 e. The van der Waals surface area contributed by atoms with Crippen molar-refractivity contribution in [1.82, 2.24) is 25.1 Å². The lowest BCUT2D eigenvalue weighted by molar-refractivity contribution is 0.335. The molecule has 0 aliphatic heterocycles. The summed E-state index contributed by atoms with van der Waals surface area (Å²) in [5.41, 5.74) is 3.68. The van der Waals surface area contributed by atoms with Gasteiger partial charge in [-0.15, -0.1) is 5.10 Å². The first-order chi connectivity index (χ1) is 11.8. The molecular formula is C18H19N5O. The van der Waals surface area contributed by atoms with Crippen molar-refractivity contribution in [3.05, 3.63) is 59.0 Å². The predicted molar refractivity (Wildman–Crippen MR) is 86.6 cm³/mol. The highest BCUT2D eigenvalue weighted by Gasteiger charge is 2.43. The van der Waals surface area contributed by atoms with Gasteiger partial charge in [0.15, 0.2) is 5.82 Å². The van der Waals surface area contributed by atoms with Gasteiger partial charge in [0.25, 0.3) is 0 Å². The second kappa shape index (κ2) is 5.26. The molecule has 24 heavy (non-hydrogen) atoms. The van der Waals surface area contributed by atoms with Gasteiger partial charge in [-0.2, -0.15) is 4.98 Å². The first-order valence-corrected chi connectivity index (χ1v) is 8.55. The van der Waals surface area contributed by atoms with Crippen LogP contribution in [0.4, 0.5) is 0 Å². The first-order valence-electron chi connectivity index (χ1n) is 8.55. The number of benzene rings is 1. The zero-order valence-corrected chi connectivity index (χ0v) is 13.6. The highest BCUT2D eigenvalue weighted by Crippen LogP contribution is 2.53. The van der Waals surface area contributed by atoms with Gasteiger partial charge in [0, 0.05) is 25.3 Å². The first kappa shape index (κ1) is 13.9. The zero-order valence-electron chi connectivity index (χ0n) is 13.6. The Labute approximate surface area is 139 Å². The van der Waals surface area contributed by atoms with Crippen LogP contribution in [0.3, 0.4) is 0 Å². The van der Waals surface area contributed by atoms with E-state index in [0.29, 0.717) is 11.8 Å². The fourth-order valence-corrected chi connectivity index (χ4v) is 3.83. The van der Waals surface area contributed by atoms with Crippen molar-refractivity contribution in [2.24, 2.45) is 7.05 Å². The summed E-state index contributed by atoms with van der Waals surface area (Å²) in [4.78, 5) is 4.73. The Balaban J connectivity index is 1.33. The highest BCUT2D eigenvalue weighted by molar-refractivity contribution is 5.31. The van der Waals surface area contributed by atoms with Crippen molar-refractivity contribution >= 4 is 0 Å². The van der Waals surface area contributed by atoms with Gasteiger partial charge in [0.1, 0.15) is 0 Å². The fourth-order valence-electron chi connectivity index (χ4n) is 3.83. The molecule has 0 N–H and O–H groups in total. The van der Waals surface area contributed by atoms with E-state index >= 15 is 0 Å². The largest absolute Gasteiger partial charge is 0.339 e. The van der Waals surface area contributed by atoms with Gasteiger partial charge in [-0.25, -0.2) is 0 Å². The third-order valence-corrected chi connectivity index (χ3v) is 5.35. The van der Waals surface area contributed by atoms with E-state index in [1.165, 1.54) is 11.3 Å². The summed E-state index contributed by atoms with van der Waals surface area (Å²) in [6.45, 7) is 0. The van der Waals surface area contributed by atoms with Crippen molar-refractivity contribution in [1.29, 1.82) is 0 Å². The maximum atomic E-state index is 5.61. The van der Waals surface area contributed by atoms with Crippen LogP contribution < -0.4 is 0 Å². The molecule has 1 saturated carbocycles. The zero-order chi connectivity index (χ0) is 16.1. The quantitative estimate of drug-likeness (QED) is 0.742. The predicted octanol–water partition coefficient (Wildman–Crippen LogP) is 2.74. The van der Waals surface area contributed by atoms with Gasteiger partial charge in [-0.05, 0) is 30.7 Å². The molecule has 0 amide bonds. The minimum Gasteiger partial charge on any atom is -0.339 e. The Morgan fingerprint density at radius 2 is 2.04 bits per heavy atom. The third-order valence-electron chi connectivity index (χ3n) is 5.35. The van der Waals surface area contributed by atoms with Crippen molar-refractivity contribution in [3.8, 4) is 0 Å². The Morgan fingerprint density at radius 1 is 1.17 bits per heavy atom. The van der Waals surface area contributed by atoms with Crippen molar-refractivity contribution in [3.63, 3.8) is 0 Å². The molecule has 0 saturated heterocycles. The molecule has 3 aromatic rings. The number of rotatable bonds is 3. The Morgan fingerprint density at radius 3 is 2.92 bits per heavy atom. The van der Waals surface area contributed by atoms with Gasteiger partial charge in [0.2, 0.25) is 5.89 Å². The second-order valence-corrected chi connectivity index (χ2v) is 6.90. The van der Waals surface area contributed by atoms with Crippen LogP contribution in [0.2, 0.25) is 0 Å². The van der Waals surface area contributed by atoms with Crippen molar-refractivity contribution in [2.45, 2.75) is 43.4 Å². The van der Waals surface area contributed by atoms with E-state index < -0.39 is 0 Å². The molecular weight excluding hydrogens is 302 g/mol. The minimum atomic E-state index is 0.282. The average Bonchev–Trinajstić information content (AvgIpc) is 3.12. The van der Waals surface area contributed by atoms with Crippen LogP contribution >= 0.6 is 0 Å². The van der Waals surface area contributed by atoms with Crippen molar-refractivity contribution in [2.75, 3.05) is 0 Å². The van der Waals surface area contributed by atoms with Crippen LogP contribution in [-0.2, 0) is 19.9 Å². The van der Waals surface area contributed by atoms with E-state index in [9.17, 15) is 0 Å². The van der Waals surface area contributed by atoms with Crippen LogP contribution in [-0.4, -0.2) is 25.1 Å². The highest BCUT2D eigenvalue weighted by atomic mass is 16.5. The molecule has 0 spiro atoms. The molecule has 0 bridgehead atoms. The summed E-state index contributed by atoms with van der Waals surface area (Å²) in [6.07, 6.45) is 3.93. The third kappa shape index (κ3) is 2.25. The molecule has 1 aromatic carbocycles. The maximum Gasteiger partial charge on any atom is 0.230 e. The summed E-state index contributed by atoms with van der Waals surface area (Å²) < 4.78 is 7.48. The minimum absolute atomic E-state index is 0.282. The molecule has 6 nitrogen and oxygen atoms in total. The van der Waals surface area contributed by atoms with E-state index in [4.69, 9.17) is 9.51 Å². The molecule has 3 atom stereocenters. The maximum absolute atomic E-state index is 5.61. The molecule has 2 aromatic heterocycles. The number of fused-ring (bicyclic) bond motifs is 1. The van der Waals surface area contributed by atoms with Crippen LogP contribution in [0.15, 0.2) is 34.9 Å². The number of nitrogens with zero attached hydrogens (tertiary/aromatic N) is 5. The van der Waals surface area contributed by atoms with E-state index in [-0.39, 0.29) is 5.92 Å². The fraction of sp³-hybridized carbons (Fsp3) is 0.444. The number of hydrogen-bond donors (Lipinski definition) is 0. The molecule has 6 heteroatoms. The summed E-state index contributed by atoms with van der Waals surface area (Å²) in [6, 6.07) is 10.6. The topological polar surface area (TPSA) is 69.6 Å². The molecule has 2 aliphatic carbocycles. The Bertz CT molecular complexity index is 869. The normalized spacial score (nSPS) is 25.5. The number of hydrogen-bond acceptors (Lipinski definition) is 5. The van der Waals surface area contributed by atoms with E-state index in [1.54, 1.807) is 0 Å². The molecule has 122 valence electrons. The summed E-state index contributed by atoms with van der Waals surface area (Å²) in [5.74, 6) is 2.87. The van der Waals surface area contributed by atoms with Crippen LogP contribution in [0.25, 0.3) is 0 Å². The SMILES string of the molecule is Cn1nnc2c1CC(c1nc([C@@H]3C[C@H]3c3ccccc3)no1)CC2. The standard InChI is InChI=1S/C18H19N5O/c1-23-16-9-12(7-8-15(16)20-22-23)18-19-17(21-24-18)14-10-13(14)11-5-3-2-4-6-11/h2-6,12-14H,7-10H2,1H3/t12?,13-,14+/m0/s1. The Hall–Kier alpha value is -2.50. The van der Waals surface area contributed by atoms with Crippen LogP contribution in [0.5, 0.6) is 0 Å². The lowest BCUT2D eigenvalue weighted by Crippen LogP contribution is -2.15. The molecule has 1 fully saturated rings.